The molecule has 0 bridgehead atoms. The number of ether oxygens (including phenoxy) is 2. The molecule has 0 atom stereocenters. The molecule has 0 spiro atoms. The van der Waals surface area contributed by atoms with Crippen molar-refractivity contribution in [1.29, 1.82) is 0 Å². The van der Waals surface area contributed by atoms with E-state index in [-0.39, 0.29) is 13.4 Å². The highest BCUT2D eigenvalue weighted by atomic mass is 32.2. The monoisotopic (exact) mass is 234 g/mol. The summed E-state index contributed by atoms with van der Waals surface area (Å²) in [6.07, 6.45) is 0.757. The number of hydrogen-bond acceptors (Lipinski definition) is 5. The van der Waals surface area contributed by atoms with Crippen LogP contribution in [0.15, 0.2) is 12.0 Å². The Labute approximate surface area is 77.2 Å². The minimum absolute atomic E-state index is 0.154. The maximum Gasteiger partial charge on any atom is 0.534 e. The third kappa shape index (κ3) is 2.51. The van der Waals surface area contributed by atoms with Gasteiger partial charge in [-0.15, -0.1) is 0 Å². The Morgan fingerprint density at radius 1 is 1.43 bits per heavy atom. The summed E-state index contributed by atoms with van der Waals surface area (Å²) in [5.74, 6) is -0.548. The summed E-state index contributed by atoms with van der Waals surface area (Å²) >= 11 is 0. The summed E-state index contributed by atoms with van der Waals surface area (Å²) in [5, 5.41) is 0. The molecule has 5 nitrogen and oxygen atoms in total. The van der Waals surface area contributed by atoms with E-state index in [4.69, 9.17) is 0 Å². The molecule has 0 fully saturated rings. The van der Waals surface area contributed by atoms with E-state index in [0.717, 1.165) is 6.26 Å². The first-order valence-corrected chi connectivity index (χ1v) is 4.63. The van der Waals surface area contributed by atoms with Crippen molar-refractivity contribution in [2.45, 2.75) is 5.51 Å². The van der Waals surface area contributed by atoms with Gasteiger partial charge in [-0.05, 0) is 0 Å². The molecule has 9 heteroatoms. The van der Waals surface area contributed by atoms with E-state index in [2.05, 4.69) is 13.7 Å². The van der Waals surface area contributed by atoms with Crippen LogP contribution in [-0.4, -0.2) is 27.3 Å². The highest BCUT2D eigenvalue weighted by molar-refractivity contribution is 7.87. The molecule has 0 aliphatic carbocycles. The molecule has 0 radical (unpaired) electrons. The number of hydrogen-bond donors (Lipinski definition) is 0. The van der Waals surface area contributed by atoms with E-state index in [1.807, 2.05) is 0 Å². The Morgan fingerprint density at radius 2 is 2.07 bits per heavy atom. The Kier molecular flexibility index (Phi) is 2.90. The fraction of sp³-hybridized carbons (Fsp3) is 0.600. The van der Waals surface area contributed by atoms with E-state index in [1.165, 1.54) is 0 Å². The first-order valence-electron chi connectivity index (χ1n) is 3.22. The summed E-state index contributed by atoms with van der Waals surface area (Å²) in [6.45, 7) is -0.533. The van der Waals surface area contributed by atoms with Crippen LogP contribution < -0.4 is 0 Å². The van der Waals surface area contributed by atoms with Crippen molar-refractivity contribution in [2.75, 3.05) is 13.4 Å². The van der Waals surface area contributed by atoms with Crippen LogP contribution >= 0.6 is 0 Å². The summed E-state index contributed by atoms with van der Waals surface area (Å²) < 4.78 is 68.7. The van der Waals surface area contributed by atoms with E-state index in [1.54, 1.807) is 0 Å². The van der Waals surface area contributed by atoms with Gasteiger partial charge in [-0.3, -0.25) is 0 Å². The van der Waals surface area contributed by atoms with Gasteiger partial charge in [-0.2, -0.15) is 21.6 Å². The zero-order valence-corrected chi connectivity index (χ0v) is 7.39. The Bertz CT molecular complexity index is 330. The molecule has 0 aromatic carbocycles. The lowest BCUT2D eigenvalue weighted by Gasteiger charge is -2.15. The van der Waals surface area contributed by atoms with Crippen LogP contribution in [0, 0.1) is 0 Å². The fourth-order valence-corrected chi connectivity index (χ4v) is 1.05. The molecule has 1 heterocycles. The van der Waals surface area contributed by atoms with Crippen LogP contribution in [0.4, 0.5) is 13.2 Å². The molecule has 0 aromatic rings. The van der Waals surface area contributed by atoms with Crippen molar-refractivity contribution < 1.29 is 35.2 Å². The predicted octanol–water partition coefficient (Wildman–Crippen LogP) is 0.698. The lowest BCUT2D eigenvalue weighted by molar-refractivity contribution is -0.0595. The molecule has 0 aromatic heterocycles. The van der Waals surface area contributed by atoms with Crippen molar-refractivity contribution in [2.24, 2.45) is 0 Å². The topological polar surface area (TPSA) is 61.8 Å². The lowest BCUT2D eigenvalue weighted by Crippen LogP contribution is -2.27. The van der Waals surface area contributed by atoms with Crippen LogP contribution in [0.5, 0.6) is 0 Å². The number of halogens is 3. The molecule has 1 aliphatic rings. The maximum absolute atomic E-state index is 11.8. The second kappa shape index (κ2) is 3.65. The molecular weight excluding hydrogens is 229 g/mol. The minimum atomic E-state index is -5.63. The van der Waals surface area contributed by atoms with Crippen LogP contribution in [0.25, 0.3) is 0 Å². The highest BCUT2D eigenvalue weighted by Gasteiger charge is 2.49. The zero-order valence-electron chi connectivity index (χ0n) is 6.57. The van der Waals surface area contributed by atoms with Crippen molar-refractivity contribution in [3.63, 3.8) is 0 Å². The number of rotatable bonds is 2. The van der Waals surface area contributed by atoms with Gasteiger partial charge in [-0.1, -0.05) is 0 Å². The Balaban J connectivity index is 2.73. The van der Waals surface area contributed by atoms with Crippen molar-refractivity contribution >= 4 is 10.1 Å². The standard InChI is InChI=1S/C5H5F3O5S/c6-5(7,8)14(9,10)13-4-1-11-3-12-2-4/h1H,2-3H2. The van der Waals surface area contributed by atoms with Crippen molar-refractivity contribution in [3.05, 3.63) is 12.0 Å². The first-order chi connectivity index (χ1) is 6.33. The molecule has 1 rings (SSSR count). The van der Waals surface area contributed by atoms with Gasteiger partial charge in [0.05, 0.1) is 0 Å². The average Bonchev–Trinajstić information content (AvgIpc) is 2.03. The molecule has 0 saturated carbocycles. The third-order valence-corrected chi connectivity index (χ3v) is 2.11. The van der Waals surface area contributed by atoms with Gasteiger partial charge in [-0.25, -0.2) is 0 Å². The van der Waals surface area contributed by atoms with E-state index < -0.39 is 21.4 Å². The summed E-state index contributed by atoms with van der Waals surface area (Å²) in [5.41, 5.74) is -5.45. The van der Waals surface area contributed by atoms with Gasteiger partial charge < -0.3 is 13.7 Å². The van der Waals surface area contributed by atoms with E-state index in [9.17, 15) is 21.6 Å². The quantitative estimate of drug-likeness (QED) is 0.519. The van der Waals surface area contributed by atoms with E-state index >= 15 is 0 Å². The fourth-order valence-electron chi connectivity index (χ4n) is 0.583. The first kappa shape index (κ1) is 11.1. The Hall–Kier alpha value is -0.960. The van der Waals surface area contributed by atoms with Crippen LogP contribution in [0.2, 0.25) is 0 Å². The average molecular weight is 234 g/mol. The van der Waals surface area contributed by atoms with Crippen LogP contribution in [0.3, 0.4) is 0 Å². The van der Waals surface area contributed by atoms with E-state index in [0.29, 0.717) is 0 Å². The highest BCUT2D eigenvalue weighted by Crippen LogP contribution is 2.26. The maximum atomic E-state index is 11.8. The zero-order chi connectivity index (χ0) is 10.8. The molecule has 0 N–H and O–H groups in total. The second-order valence-electron chi connectivity index (χ2n) is 2.20. The Morgan fingerprint density at radius 3 is 2.50 bits per heavy atom. The van der Waals surface area contributed by atoms with Crippen molar-refractivity contribution in [1.82, 2.24) is 0 Å². The minimum Gasteiger partial charge on any atom is -0.471 e. The summed E-state index contributed by atoms with van der Waals surface area (Å²) in [4.78, 5) is 0. The van der Waals surface area contributed by atoms with Gasteiger partial charge in [0.1, 0.15) is 12.9 Å². The van der Waals surface area contributed by atoms with Crippen LogP contribution in [-0.2, 0) is 23.8 Å². The summed E-state index contributed by atoms with van der Waals surface area (Å²) in [6, 6.07) is 0. The predicted molar refractivity (Wildman–Crippen MR) is 36.0 cm³/mol. The van der Waals surface area contributed by atoms with Crippen LogP contribution in [0.1, 0.15) is 0 Å². The molecule has 82 valence electrons. The smallest absolute Gasteiger partial charge is 0.471 e. The van der Waals surface area contributed by atoms with Gasteiger partial charge in [0.15, 0.2) is 12.6 Å². The molecule has 1 aliphatic heterocycles. The molecule has 0 amide bonds. The molecule has 0 unspecified atom stereocenters. The van der Waals surface area contributed by atoms with Gasteiger partial charge in [0, 0.05) is 0 Å². The molecule has 14 heavy (non-hydrogen) atoms. The van der Waals surface area contributed by atoms with Gasteiger partial charge >= 0.3 is 15.6 Å². The van der Waals surface area contributed by atoms with Gasteiger partial charge in [0.2, 0.25) is 0 Å². The normalized spacial score (nSPS) is 18.4. The van der Waals surface area contributed by atoms with Crippen molar-refractivity contribution in [3.8, 4) is 0 Å². The molecular formula is C5H5F3O5S. The molecule has 0 saturated heterocycles. The lowest BCUT2D eigenvalue weighted by atomic mass is 10.6. The second-order valence-corrected chi connectivity index (χ2v) is 3.74. The largest absolute Gasteiger partial charge is 0.534 e. The third-order valence-electron chi connectivity index (χ3n) is 1.11. The number of alkyl halides is 3. The van der Waals surface area contributed by atoms with Gasteiger partial charge in [0.25, 0.3) is 0 Å². The summed E-state index contributed by atoms with van der Waals surface area (Å²) in [7, 11) is -5.63. The SMILES string of the molecule is O=S(=O)(OC1=COCOC1)C(F)(F)F.